The highest BCUT2D eigenvalue weighted by molar-refractivity contribution is 5.73. The molecule has 0 spiro atoms. The van der Waals surface area contributed by atoms with Crippen LogP contribution in [0.2, 0.25) is 0 Å². The van der Waals surface area contributed by atoms with Gasteiger partial charge in [-0.2, -0.15) is 0 Å². The lowest BCUT2D eigenvalue weighted by molar-refractivity contribution is -0.134. The van der Waals surface area contributed by atoms with Crippen molar-refractivity contribution in [3.8, 4) is 0 Å². The fourth-order valence-electron chi connectivity index (χ4n) is 3.03. The summed E-state index contributed by atoms with van der Waals surface area (Å²) in [6.07, 6.45) is 5.07. The molecule has 2 aliphatic rings. The van der Waals surface area contributed by atoms with Gasteiger partial charge in [-0.25, -0.2) is 0 Å². The summed E-state index contributed by atoms with van der Waals surface area (Å²) < 4.78 is 0. The lowest BCUT2D eigenvalue weighted by Gasteiger charge is -2.40. The van der Waals surface area contributed by atoms with Crippen LogP contribution in [-0.4, -0.2) is 35.1 Å². The Morgan fingerprint density at radius 1 is 1.42 bits per heavy atom. The molecule has 0 amide bonds. The van der Waals surface area contributed by atoms with E-state index in [9.17, 15) is 4.79 Å². The molecule has 0 bridgehead atoms. The number of fused-ring (bicyclic) bond motifs is 1. The van der Waals surface area contributed by atoms with Gasteiger partial charge in [-0.05, 0) is 36.5 Å². The summed E-state index contributed by atoms with van der Waals surface area (Å²) in [4.78, 5) is 13.2. The second-order valence-corrected chi connectivity index (χ2v) is 5.50. The number of benzene rings is 1. The molecular weight excluding hydrogens is 240 g/mol. The van der Waals surface area contributed by atoms with E-state index in [-0.39, 0.29) is 6.54 Å². The predicted molar refractivity (Wildman–Crippen MR) is 74.3 cm³/mol. The third-order valence-corrected chi connectivity index (χ3v) is 4.32. The van der Waals surface area contributed by atoms with Crippen LogP contribution in [0.1, 0.15) is 30.4 Å². The Morgan fingerprint density at radius 3 is 2.95 bits per heavy atom. The Labute approximate surface area is 113 Å². The summed E-state index contributed by atoms with van der Waals surface area (Å²) in [7, 11) is 0. The van der Waals surface area contributed by atoms with Gasteiger partial charge < -0.3 is 10.4 Å². The normalized spacial score (nSPS) is 19.6. The van der Waals surface area contributed by atoms with Crippen LogP contribution in [0.4, 0.5) is 5.69 Å². The van der Waals surface area contributed by atoms with Crippen molar-refractivity contribution in [3.05, 3.63) is 29.3 Å². The average Bonchev–Trinajstić information content (AvgIpc) is 2.33. The number of hydrogen-bond acceptors (Lipinski definition) is 3. The third-order valence-electron chi connectivity index (χ3n) is 4.32. The Balaban J connectivity index is 1.74. The molecule has 1 aromatic carbocycles. The van der Waals surface area contributed by atoms with E-state index >= 15 is 0 Å². The summed E-state index contributed by atoms with van der Waals surface area (Å²) in [6.45, 7) is 2.11. The van der Waals surface area contributed by atoms with Gasteiger partial charge in [-0.1, -0.05) is 18.6 Å². The van der Waals surface area contributed by atoms with Gasteiger partial charge in [0.25, 0.3) is 0 Å². The smallest absolute Gasteiger partial charge is 0.322 e. The van der Waals surface area contributed by atoms with Gasteiger partial charge >= 0.3 is 5.97 Å². The quantitative estimate of drug-likeness (QED) is 0.870. The van der Waals surface area contributed by atoms with Crippen LogP contribution in [0.5, 0.6) is 0 Å². The summed E-state index contributed by atoms with van der Waals surface area (Å²) in [5.41, 5.74) is 3.65. The topological polar surface area (TPSA) is 52.6 Å². The van der Waals surface area contributed by atoms with Gasteiger partial charge in [0.15, 0.2) is 0 Å². The van der Waals surface area contributed by atoms with Crippen LogP contribution >= 0.6 is 0 Å². The zero-order chi connectivity index (χ0) is 13.2. The van der Waals surface area contributed by atoms with Crippen molar-refractivity contribution >= 4 is 11.7 Å². The van der Waals surface area contributed by atoms with Crippen molar-refractivity contribution in [2.75, 3.05) is 18.4 Å². The van der Waals surface area contributed by atoms with E-state index in [1.54, 1.807) is 0 Å². The van der Waals surface area contributed by atoms with E-state index in [1.807, 2.05) is 12.1 Å². The molecule has 1 aromatic rings. The Bertz CT molecular complexity index is 483. The number of hydrogen-bond donors (Lipinski definition) is 2. The lowest BCUT2D eigenvalue weighted by atomic mass is 9.88. The number of aliphatic carboxylic acids is 1. The monoisotopic (exact) mass is 260 g/mol. The third kappa shape index (κ3) is 2.59. The van der Waals surface area contributed by atoms with Crippen molar-refractivity contribution in [2.24, 2.45) is 0 Å². The summed E-state index contributed by atoms with van der Waals surface area (Å²) in [5.74, 6) is -0.815. The van der Waals surface area contributed by atoms with E-state index in [0.717, 1.165) is 31.2 Å². The molecule has 0 aromatic heterocycles. The molecule has 1 fully saturated rings. The average molecular weight is 260 g/mol. The SMILES string of the molecule is O=C(O)CNc1cccc2c1CCN(C1CCC1)C2. The minimum Gasteiger partial charge on any atom is -0.480 e. The number of nitrogens with one attached hydrogen (secondary N) is 1. The molecule has 19 heavy (non-hydrogen) atoms. The first-order valence-corrected chi connectivity index (χ1v) is 7.04. The molecule has 0 radical (unpaired) electrons. The molecule has 102 valence electrons. The molecular formula is C15H20N2O2. The van der Waals surface area contributed by atoms with E-state index in [1.165, 1.54) is 30.4 Å². The van der Waals surface area contributed by atoms with Crippen LogP contribution in [0.3, 0.4) is 0 Å². The molecule has 0 unspecified atom stereocenters. The number of carbonyl (C=O) groups is 1. The van der Waals surface area contributed by atoms with Gasteiger partial charge in [-0.15, -0.1) is 0 Å². The second-order valence-electron chi connectivity index (χ2n) is 5.50. The Morgan fingerprint density at radius 2 is 2.26 bits per heavy atom. The maximum absolute atomic E-state index is 10.7. The van der Waals surface area contributed by atoms with E-state index in [2.05, 4.69) is 16.3 Å². The molecule has 1 aliphatic carbocycles. The zero-order valence-electron chi connectivity index (χ0n) is 11.1. The molecule has 0 atom stereocenters. The van der Waals surface area contributed by atoms with Crippen LogP contribution in [-0.2, 0) is 17.8 Å². The van der Waals surface area contributed by atoms with Crippen LogP contribution in [0, 0.1) is 0 Å². The number of anilines is 1. The zero-order valence-corrected chi connectivity index (χ0v) is 11.1. The fraction of sp³-hybridized carbons (Fsp3) is 0.533. The predicted octanol–water partition coefficient (Wildman–Crippen LogP) is 2.09. The highest BCUT2D eigenvalue weighted by Crippen LogP contribution is 2.32. The molecule has 4 nitrogen and oxygen atoms in total. The van der Waals surface area contributed by atoms with Crippen molar-refractivity contribution in [2.45, 2.75) is 38.3 Å². The van der Waals surface area contributed by atoms with Gasteiger partial charge in [0, 0.05) is 24.8 Å². The first-order chi connectivity index (χ1) is 9.24. The van der Waals surface area contributed by atoms with E-state index in [0.29, 0.717) is 0 Å². The number of carboxylic acid groups (broad SMARTS) is 1. The Kier molecular flexibility index (Phi) is 3.42. The summed E-state index contributed by atoms with van der Waals surface area (Å²) in [6, 6.07) is 6.96. The molecule has 3 rings (SSSR count). The Hall–Kier alpha value is -1.55. The van der Waals surface area contributed by atoms with Gasteiger partial charge in [0.1, 0.15) is 6.54 Å². The summed E-state index contributed by atoms with van der Waals surface area (Å²) in [5, 5.41) is 11.8. The fourth-order valence-corrected chi connectivity index (χ4v) is 3.03. The molecule has 0 saturated heterocycles. The lowest BCUT2D eigenvalue weighted by Crippen LogP contribution is -2.43. The maximum atomic E-state index is 10.7. The van der Waals surface area contributed by atoms with Gasteiger partial charge in [0.05, 0.1) is 0 Å². The first-order valence-electron chi connectivity index (χ1n) is 7.04. The number of rotatable bonds is 4. The second kappa shape index (κ2) is 5.21. The van der Waals surface area contributed by atoms with E-state index in [4.69, 9.17) is 5.11 Å². The highest BCUT2D eigenvalue weighted by atomic mass is 16.4. The van der Waals surface area contributed by atoms with Crippen LogP contribution in [0.25, 0.3) is 0 Å². The summed E-state index contributed by atoms with van der Waals surface area (Å²) >= 11 is 0. The van der Waals surface area contributed by atoms with Crippen molar-refractivity contribution < 1.29 is 9.90 Å². The standard InChI is InChI=1S/C15H20N2O2/c18-15(19)9-16-14-6-1-3-11-10-17(8-7-13(11)14)12-4-2-5-12/h1,3,6,12,16H,2,4-5,7-10H2,(H,18,19). The highest BCUT2D eigenvalue weighted by Gasteiger charge is 2.28. The minimum atomic E-state index is -0.815. The van der Waals surface area contributed by atoms with Crippen LogP contribution < -0.4 is 5.32 Å². The van der Waals surface area contributed by atoms with Crippen molar-refractivity contribution in [3.63, 3.8) is 0 Å². The number of nitrogens with zero attached hydrogens (tertiary/aromatic N) is 1. The van der Waals surface area contributed by atoms with Gasteiger partial charge in [0.2, 0.25) is 0 Å². The first kappa shape index (κ1) is 12.5. The van der Waals surface area contributed by atoms with E-state index < -0.39 is 5.97 Å². The largest absolute Gasteiger partial charge is 0.480 e. The minimum absolute atomic E-state index is 0.0111. The van der Waals surface area contributed by atoms with Crippen molar-refractivity contribution in [1.29, 1.82) is 0 Å². The molecule has 1 saturated carbocycles. The van der Waals surface area contributed by atoms with Gasteiger partial charge in [-0.3, -0.25) is 9.69 Å². The molecule has 1 heterocycles. The molecule has 2 N–H and O–H groups in total. The number of carboxylic acids is 1. The molecule has 1 aliphatic heterocycles. The maximum Gasteiger partial charge on any atom is 0.322 e. The van der Waals surface area contributed by atoms with Crippen molar-refractivity contribution in [1.82, 2.24) is 4.90 Å². The van der Waals surface area contributed by atoms with Crippen LogP contribution in [0.15, 0.2) is 18.2 Å². The molecule has 4 heteroatoms.